The maximum absolute atomic E-state index is 4.53. The lowest BCUT2D eigenvalue weighted by atomic mass is 10.2. The normalized spacial score (nSPS) is 17.4. The summed E-state index contributed by atoms with van der Waals surface area (Å²) in [4.78, 5) is 0. The minimum atomic E-state index is 0.291. The molecule has 0 aromatic carbocycles. The summed E-state index contributed by atoms with van der Waals surface area (Å²) < 4.78 is 4.27. The van der Waals surface area contributed by atoms with Gasteiger partial charge in [-0.2, -0.15) is 10.2 Å². The van der Waals surface area contributed by atoms with Gasteiger partial charge in [0, 0.05) is 31.5 Å². The predicted molar refractivity (Wildman–Crippen MR) is 82.9 cm³/mol. The minimum Gasteiger partial charge on any atom is -0.303 e. The van der Waals surface area contributed by atoms with E-state index in [0.29, 0.717) is 12.1 Å². The van der Waals surface area contributed by atoms with Crippen LogP contribution in [0.1, 0.15) is 63.0 Å². The molecule has 1 saturated carbocycles. The molecule has 1 atom stereocenters. The van der Waals surface area contributed by atoms with Crippen molar-refractivity contribution in [1.29, 1.82) is 0 Å². The SMILES string of the molecule is CCn1nccc1C(C)NCc1ccnn1C1CCCC1. The van der Waals surface area contributed by atoms with Crippen molar-refractivity contribution in [3.05, 3.63) is 35.9 Å². The van der Waals surface area contributed by atoms with Crippen LogP contribution in [0.25, 0.3) is 0 Å². The van der Waals surface area contributed by atoms with E-state index in [2.05, 4.69) is 46.2 Å². The molecule has 5 heteroatoms. The Bertz CT molecular complexity index is 565. The molecule has 2 heterocycles. The standard InChI is InChI=1S/C16H25N5/c1-3-20-16(9-11-18-20)13(2)17-12-15-8-10-19-21(15)14-6-4-5-7-14/h8-11,13-14,17H,3-7,12H2,1-2H3. The van der Waals surface area contributed by atoms with Crippen LogP contribution in [0.3, 0.4) is 0 Å². The second-order valence-electron chi connectivity index (χ2n) is 5.88. The molecule has 0 radical (unpaired) electrons. The average Bonchev–Trinajstić information content (AvgIpc) is 3.23. The van der Waals surface area contributed by atoms with Gasteiger partial charge in [0.1, 0.15) is 0 Å². The maximum Gasteiger partial charge on any atom is 0.0550 e. The number of rotatable bonds is 6. The van der Waals surface area contributed by atoms with Crippen molar-refractivity contribution in [2.45, 2.75) is 64.7 Å². The molecular weight excluding hydrogens is 262 g/mol. The summed E-state index contributed by atoms with van der Waals surface area (Å²) in [5, 5.41) is 12.5. The summed E-state index contributed by atoms with van der Waals surface area (Å²) in [5.74, 6) is 0. The highest BCUT2D eigenvalue weighted by Crippen LogP contribution is 2.29. The van der Waals surface area contributed by atoms with E-state index < -0.39 is 0 Å². The summed E-state index contributed by atoms with van der Waals surface area (Å²) in [7, 11) is 0. The summed E-state index contributed by atoms with van der Waals surface area (Å²) in [6, 6.07) is 5.12. The zero-order valence-corrected chi connectivity index (χ0v) is 13.0. The Morgan fingerprint density at radius 1 is 1.24 bits per heavy atom. The smallest absolute Gasteiger partial charge is 0.0550 e. The summed E-state index contributed by atoms with van der Waals surface area (Å²) in [6.45, 7) is 6.08. The van der Waals surface area contributed by atoms with Crippen molar-refractivity contribution in [2.75, 3.05) is 0 Å². The van der Waals surface area contributed by atoms with Crippen LogP contribution in [0, 0.1) is 0 Å². The lowest BCUT2D eigenvalue weighted by molar-refractivity contribution is 0.430. The fourth-order valence-electron chi connectivity index (χ4n) is 3.30. The monoisotopic (exact) mass is 287 g/mol. The number of nitrogens with one attached hydrogen (secondary N) is 1. The molecule has 21 heavy (non-hydrogen) atoms. The van der Waals surface area contributed by atoms with Gasteiger partial charge in [0.05, 0.1) is 17.4 Å². The molecule has 114 valence electrons. The van der Waals surface area contributed by atoms with E-state index >= 15 is 0 Å². The van der Waals surface area contributed by atoms with Crippen molar-refractivity contribution in [1.82, 2.24) is 24.9 Å². The van der Waals surface area contributed by atoms with Crippen LogP contribution >= 0.6 is 0 Å². The van der Waals surface area contributed by atoms with Crippen LogP contribution < -0.4 is 5.32 Å². The van der Waals surface area contributed by atoms with Crippen molar-refractivity contribution in [2.24, 2.45) is 0 Å². The van der Waals surface area contributed by atoms with Crippen molar-refractivity contribution in [3.8, 4) is 0 Å². The first-order valence-electron chi connectivity index (χ1n) is 8.07. The molecular formula is C16H25N5. The highest BCUT2D eigenvalue weighted by molar-refractivity contribution is 5.08. The molecule has 0 amide bonds. The highest BCUT2D eigenvalue weighted by atomic mass is 15.3. The quantitative estimate of drug-likeness (QED) is 0.888. The Morgan fingerprint density at radius 3 is 2.76 bits per heavy atom. The summed E-state index contributed by atoms with van der Waals surface area (Å²) in [5.41, 5.74) is 2.53. The van der Waals surface area contributed by atoms with Gasteiger partial charge in [-0.15, -0.1) is 0 Å². The van der Waals surface area contributed by atoms with E-state index in [9.17, 15) is 0 Å². The van der Waals surface area contributed by atoms with Gasteiger partial charge < -0.3 is 5.32 Å². The van der Waals surface area contributed by atoms with Crippen LogP contribution in [-0.2, 0) is 13.1 Å². The number of aromatic nitrogens is 4. The van der Waals surface area contributed by atoms with Crippen molar-refractivity contribution < 1.29 is 0 Å². The van der Waals surface area contributed by atoms with Gasteiger partial charge in [-0.3, -0.25) is 9.36 Å². The van der Waals surface area contributed by atoms with Gasteiger partial charge in [0.25, 0.3) is 0 Å². The van der Waals surface area contributed by atoms with Gasteiger partial charge >= 0.3 is 0 Å². The number of hydrogen-bond acceptors (Lipinski definition) is 3. The van der Waals surface area contributed by atoms with Crippen molar-refractivity contribution >= 4 is 0 Å². The predicted octanol–water partition coefficient (Wildman–Crippen LogP) is 3.07. The molecule has 1 N–H and O–H groups in total. The van der Waals surface area contributed by atoms with E-state index in [4.69, 9.17) is 0 Å². The second-order valence-corrected chi connectivity index (χ2v) is 5.88. The van der Waals surface area contributed by atoms with Gasteiger partial charge in [-0.25, -0.2) is 0 Å². The zero-order chi connectivity index (χ0) is 14.7. The van der Waals surface area contributed by atoms with Crippen LogP contribution in [0.5, 0.6) is 0 Å². The Kier molecular flexibility index (Phi) is 4.39. The molecule has 3 rings (SSSR count). The van der Waals surface area contributed by atoms with E-state index in [1.54, 1.807) is 0 Å². The largest absolute Gasteiger partial charge is 0.303 e. The molecule has 1 fully saturated rings. The van der Waals surface area contributed by atoms with Gasteiger partial charge in [-0.1, -0.05) is 12.8 Å². The fraction of sp³-hybridized carbons (Fsp3) is 0.625. The molecule has 5 nitrogen and oxygen atoms in total. The molecule has 0 aliphatic heterocycles. The van der Waals surface area contributed by atoms with E-state index in [-0.39, 0.29) is 0 Å². The fourth-order valence-corrected chi connectivity index (χ4v) is 3.30. The molecule has 0 bridgehead atoms. The third kappa shape index (κ3) is 3.02. The third-order valence-electron chi connectivity index (χ3n) is 4.50. The van der Waals surface area contributed by atoms with Gasteiger partial charge in [-0.05, 0) is 38.8 Å². The summed E-state index contributed by atoms with van der Waals surface area (Å²) >= 11 is 0. The average molecular weight is 287 g/mol. The van der Waals surface area contributed by atoms with Crippen LogP contribution in [0.15, 0.2) is 24.5 Å². The van der Waals surface area contributed by atoms with Crippen LogP contribution in [0.4, 0.5) is 0 Å². The Labute approximate surface area is 126 Å². The molecule has 0 saturated heterocycles. The number of aryl methyl sites for hydroxylation is 1. The lowest BCUT2D eigenvalue weighted by Crippen LogP contribution is -2.23. The van der Waals surface area contributed by atoms with E-state index in [0.717, 1.165) is 13.1 Å². The number of nitrogens with zero attached hydrogens (tertiary/aromatic N) is 4. The molecule has 1 aliphatic carbocycles. The molecule has 2 aromatic heterocycles. The highest BCUT2D eigenvalue weighted by Gasteiger charge is 2.20. The van der Waals surface area contributed by atoms with E-state index in [1.165, 1.54) is 37.1 Å². The first kappa shape index (κ1) is 14.3. The lowest BCUT2D eigenvalue weighted by Gasteiger charge is -2.18. The van der Waals surface area contributed by atoms with E-state index in [1.807, 2.05) is 17.1 Å². The molecule has 0 spiro atoms. The third-order valence-corrected chi connectivity index (χ3v) is 4.50. The topological polar surface area (TPSA) is 47.7 Å². The van der Waals surface area contributed by atoms with Crippen molar-refractivity contribution in [3.63, 3.8) is 0 Å². The Balaban J connectivity index is 1.64. The first-order chi connectivity index (χ1) is 10.3. The van der Waals surface area contributed by atoms with Gasteiger partial charge in [0.15, 0.2) is 0 Å². The zero-order valence-electron chi connectivity index (χ0n) is 13.0. The first-order valence-corrected chi connectivity index (χ1v) is 8.07. The van der Waals surface area contributed by atoms with Crippen LogP contribution in [-0.4, -0.2) is 19.6 Å². The maximum atomic E-state index is 4.53. The Hall–Kier alpha value is -1.62. The molecule has 1 unspecified atom stereocenters. The molecule has 2 aromatic rings. The number of hydrogen-bond donors (Lipinski definition) is 1. The van der Waals surface area contributed by atoms with Gasteiger partial charge in [0.2, 0.25) is 0 Å². The summed E-state index contributed by atoms with van der Waals surface area (Å²) in [6.07, 6.45) is 9.02. The van der Waals surface area contributed by atoms with Crippen LogP contribution in [0.2, 0.25) is 0 Å². The Morgan fingerprint density at radius 2 is 2.00 bits per heavy atom. The molecule has 1 aliphatic rings. The minimum absolute atomic E-state index is 0.291. The second kappa shape index (κ2) is 6.43.